The standard InChI is InChI=1S/C14H26N2O3S2/c1-3-6-14(7-4-2,12(15)20)13(17)16-9-11-5-8-21(18,19)10-11/h11H,3-10H2,1-2H3,(H2,15,20)(H,16,17). The largest absolute Gasteiger partial charge is 0.392 e. The van der Waals surface area contributed by atoms with Crippen molar-refractivity contribution in [3.8, 4) is 0 Å². The van der Waals surface area contributed by atoms with E-state index in [1.54, 1.807) is 0 Å². The molecule has 0 bridgehead atoms. The van der Waals surface area contributed by atoms with Gasteiger partial charge in [0.15, 0.2) is 9.84 Å². The van der Waals surface area contributed by atoms with Crippen LogP contribution in [0.15, 0.2) is 0 Å². The zero-order chi connectivity index (χ0) is 16.1. The lowest BCUT2D eigenvalue weighted by atomic mass is 9.78. The van der Waals surface area contributed by atoms with Crippen molar-refractivity contribution in [1.82, 2.24) is 5.32 Å². The summed E-state index contributed by atoms with van der Waals surface area (Å²) in [6.07, 6.45) is 3.52. The molecule has 1 rings (SSSR count). The minimum atomic E-state index is -2.92. The Morgan fingerprint density at radius 1 is 1.33 bits per heavy atom. The molecular weight excluding hydrogens is 308 g/mol. The van der Waals surface area contributed by atoms with Gasteiger partial charge in [0.2, 0.25) is 5.91 Å². The molecule has 1 amide bonds. The van der Waals surface area contributed by atoms with E-state index in [4.69, 9.17) is 18.0 Å². The molecule has 1 fully saturated rings. The number of hydrogen-bond acceptors (Lipinski definition) is 4. The van der Waals surface area contributed by atoms with Gasteiger partial charge < -0.3 is 11.1 Å². The van der Waals surface area contributed by atoms with Crippen LogP contribution in [0.1, 0.15) is 46.0 Å². The van der Waals surface area contributed by atoms with Crippen LogP contribution in [0.2, 0.25) is 0 Å². The Labute approximate surface area is 133 Å². The summed E-state index contributed by atoms with van der Waals surface area (Å²) in [7, 11) is -2.92. The van der Waals surface area contributed by atoms with Gasteiger partial charge in [-0.15, -0.1) is 0 Å². The normalized spacial score (nSPS) is 21.1. The Morgan fingerprint density at radius 3 is 2.29 bits per heavy atom. The fourth-order valence-corrected chi connectivity index (χ4v) is 5.16. The highest BCUT2D eigenvalue weighted by Gasteiger charge is 2.40. The zero-order valence-corrected chi connectivity index (χ0v) is 14.5. The molecule has 3 N–H and O–H groups in total. The smallest absolute Gasteiger partial charge is 0.233 e. The highest BCUT2D eigenvalue weighted by molar-refractivity contribution is 7.91. The van der Waals surface area contributed by atoms with Gasteiger partial charge in [0.1, 0.15) is 0 Å². The lowest BCUT2D eigenvalue weighted by molar-refractivity contribution is -0.128. The summed E-state index contributed by atoms with van der Waals surface area (Å²) < 4.78 is 22.9. The molecule has 1 saturated heterocycles. The molecule has 0 aromatic carbocycles. The van der Waals surface area contributed by atoms with Crippen LogP contribution in [0.3, 0.4) is 0 Å². The van der Waals surface area contributed by atoms with Crippen LogP contribution in [-0.2, 0) is 14.6 Å². The van der Waals surface area contributed by atoms with Crippen LogP contribution < -0.4 is 11.1 Å². The highest BCUT2D eigenvalue weighted by atomic mass is 32.2. The van der Waals surface area contributed by atoms with Gasteiger partial charge in [-0.3, -0.25) is 4.79 Å². The van der Waals surface area contributed by atoms with E-state index in [9.17, 15) is 13.2 Å². The molecule has 1 aliphatic rings. The molecule has 0 radical (unpaired) electrons. The van der Waals surface area contributed by atoms with E-state index in [0.717, 1.165) is 12.8 Å². The summed E-state index contributed by atoms with van der Waals surface area (Å²) in [6, 6.07) is 0. The summed E-state index contributed by atoms with van der Waals surface area (Å²) in [6.45, 7) is 4.38. The van der Waals surface area contributed by atoms with Crippen molar-refractivity contribution < 1.29 is 13.2 Å². The monoisotopic (exact) mass is 334 g/mol. The summed E-state index contributed by atoms with van der Waals surface area (Å²) in [5.74, 6) is 0.238. The second-order valence-corrected chi connectivity index (χ2v) is 8.59. The number of hydrogen-bond donors (Lipinski definition) is 2. The van der Waals surface area contributed by atoms with Gasteiger partial charge >= 0.3 is 0 Å². The van der Waals surface area contributed by atoms with Crippen molar-refractivity contribution in [2.24, 2.45) is 17.1 Å². The molecule has 122 valence electrons. The maximum absolute atomic E-state index is 12.6. The first-order valence-corrected chi connectivity index (χ1v) is 9.79. The number of rotatable bonds is 8. The van der Waals surface area contributed by atoms with Crippen LogP contribution in [0, 0.1) is 11.3 Å². The number of thiocarbonyl (C=S) groups is 1. The maximum Gasteiger partial charge on any atom is 0.233 e. The Hall–Kier alpha value is -0.690. The third-order valence-corrected chi connectivity index (χ3v) is 6.37. The molecule has 1 atom stereocenters. The predicted octanol–water partition coefficient (Wildman–Crippen LogP) is 1.41. The van der Waals surface area contributed by atoms with Crippen LogP contribution >= 0.6 is 12.2 Å². The molecule has 0 aromatic rings. The van der Waals surface area contributed by atoms with Gasteiger partial charge in [0.05, 0.1) is 21.9 Å². The first-order valence-electron chi connectivity index (χ1n) is 7.56. The SMILES string of the molecule is CCCC(CCC)(C(=O)NCC1CCS(=O)(=O)C1)C(N)=S. The lowest BCUT2D eigenvalue weighted by Gasteiger charge is -2.31. The van der Waals surface area contributed by atoms with Crippen molar-refractivity contribution in [3.63, 3.8) is 0 Å². The summed E-state index contributed by atoms with van der Waals surface area (Å²) in [5, 5.41) is 2.88. The number of carbonyl (C=O) groups is 1. The molecule has 21 heavy (non-hydrogen) atoms. The second-order valence-electron chi connectivity index (χ2n) is 5.93. The number of carbonyl (C=O) groups excluding carboxylic acids is 1. The molecule has 0 saturated carbocycles. The summed E-state index contributed by atoms with van der Waals surface area (Å²) in [5.41, 5.74) is 5.05. The van der Waals surface area contributed by atoms with Gasteiger partial charge in [-0.25, -0.2) is 8.42 Å². The van der Waals surface area contributed by atoms with Crippen LogP contribution in [-0.4, -0.2) is 37.4 Å². The molecule has 5 nitrogen and oxygen atoms in total. The van der Waals surface area contributed by atoms with E-state index in [0.29, 0.717) is 25.8 Å². The average molecular weight is 335 g/mol. The van der Waals surface area contributed by atoms with Gasteiger partial charge in [0, 0.05) is 6.54 Å². The molecule has 1 heterocycles. The van der Waals surface area contributed by atoms with Crippen LogP contribution in [0.25, 0.3) is 0 Å². The van der Waals surface area contributed by atoms with E-state index < -0.39 is 15.3 Å². The van der Waals surface area contributed by atoms with Gasteiger partial charge in [-0.05, 0) is 25.2 Å². The topological polar surface area (TPSA) is 89.3 Å². The molecule has 0 aliphatic carbocycles. The van der Waals surface area contributed by atoms with Crippen molar-refractivity contribution in [2.45, 2.75) is 46.0 Å². The van der Waals surface area contributed by atoms with Crippen molar-refractivity contribution in [3.05, 3.63) is 0 Å². The molecule has 1 aliphatic heterocycles. The predicted molar refractivity (Wildman–Crippen MR) is 88.8 cm³/mol. The maximum atomic E-state index is 12.6. The average Bonchev–Trinajstić information content (AvgIpc) is 2.74. The minimum absolute atomic E-state index is 0.00579. The van der Waals surface area contributed by atoms with E-state index in [-0.39, 0.29) is 28.3 Å². The number of sulfone groups is 1. The molecule has 0 spiro atoms. The third-order valence-electron chi connectivity index (χ3n) is 4.14. The molecule has 1 unspecified atom stereocenters. The quantitative estimate of drug-likeness (QED) is 0.655. The third kappa shape index (κ3) is 4.64. The number of nitrogens with two attached hydrogens (primary N) is 1. The summed E-state index contributed by atoms with van der Waals surface area (Å²) >= 11 is 5.14. The van der Waals surface area contributed by atoms with E-state index in [2.05, 4.69) is 5.32 Å². The first kappa shape index (κ1) is 18.4. The lowest BCUT2D eigenvalue weighted by Crippen LogP contribution is -2.50. The fraction of sp³-hybridized carbons (Fsp3) is 0.857. The van der Waals surface area contributed by atoms with E-state index in [1.165, 1.54) is 0 Å². The summed E-state index contributed by atoms with van der Waals surface area (Å²) in [4.78, 5) is 12.8. The van der Waals surface area contributed by atoms with Crippen LogP contribution in [0.5, 0.6) is 0 Å². The number of nitrogens with one attached hydrogen (secondary N) is 1. The number of amides is 1. The molecular formula is C14H26N2O3S2. The van der Waals surface area contributed by atoms with E-state index >= 15 is 0 Å². The van der Waals surface area contributed by atoms with Gasteiger partial charge in [-0.2, -0.15) is 0 Å². The van der Waals surface area contributed by atoms with Gasteiger partial charge in [-0.1, -0.05) is 38.9 Å². The van der Waals surface area contributed by atoms with Gasteiger partial charge in [0.25, 0.3) is 0 Å². The molecule has 0 aromatic heterocycles. The van der Waals surface area contributed by atoms with Crippen molar-refractivity contribution >= 4 is 33.0 Å². The van der Waals surface area contributed by atoms with Crippen molar-refractivity contribution in [2.75, 3.05) is 18.1 Å². The first-order chi connectivity index (χ1) is 9.77. The van der Waals surface area contributed by atoms with Crippen molar-refractivity contribution in [1.29, 1.82) is 0 Å². The Morgan fingerprint density at radius 2 is 1.90 bits per heavy atom. The Kier molecular flexibility index (Phi) is 6.59. The van der Waals surface area contributed by atoms with Crippen LogP contribution in [0.4, 0.5) is 0 Å². The Balaban J connectivity index is 2.71. The highest BCUT2D eigenvalue weighted by Crippen LogP contribution is 2.31. The Bertz CT molecular complexity index is 482. The minimum Gasteiger partial charge on any atom is -0.392 e. The fourth-order valence-electron chi connectivity index (χ4n) is 3.00. The zero-order valence-electron chi connectivity index (χ0n) is 12.9. The molecule has 7 heteroatoms. The second kappa shape index (κ2) is 7.54. The van der Waals surface area contributed by atoms with E-state index in [1.807, 2.05) is 13.8 Å².